The maximum absolute atomic E-state index is 12.4. The van der Waals surface area contributed by atoms with E-state index in [1.54, 1.807) is 6.92 Å². The maximum Gasteiger partial charge on any atom is 0.306 e. The number of esters is 2. The van der Waals surface area contributed by atoms with Gasteiger partial charge in [-0.25, -0.2) is 0 Å². The Morgan fingerprint density at radius 2 is 1.27 bits per heavy atom. The molecule has 0 radical (unpaired) electrons. The van der Waals surface area contributed by atoms with Crippen molar-refractivity contribution in [2.24, 2.45) is 5.92 Å². The Hall–Kier alpha value is -1.10. The second-order valence-corrected chi connectivity index (χ2v) is 10.1. The first-order valence-electron chi connectivity index (χ1n) is 13.9. The van der Waals surface area contributed by atoms with E-state index in [0.29, 0.717) is 18.8 Å². The molecule has 0 aromatic rings. The number of carbonyl (C=O) groups excluding carboxylic acids is 2. The highest BCUT2D eigenvalue weighted by molar-refractivity contribution is 5.70. The van der Waals surface area contributed by atoms with Gasteiger partial charge in [-0.3, -0.25) is 9.59 Å². The number of nitrogens with zero attached hydrogens (tertiary/aromatic N) is 1. The van der Waals surface area contributed by atoms with Crippen molar-refractivity contribution in [2.45, 2.75) is 136 Å². The van der Waals surface area contributed by atoms with E-state index >= 15 is 0 Å². The summed E-state index contributed by atoms with van der Waals surface area (Å²) in [4.78, 5) is 26.6. The van der Waals surface area contributed by atoms with Gasteiger partial charge in [-0.15, -0.1) is 0 Å². The molecule has 0 aliphatic rings. The molecule has 0 saturated carbocycles. The summed E-state index contributed by atoms with van der Waals surface area (Å²) < 4.78 is 10.9. The highest BCUT2D eigenvalue weighted by Crippen LogP contribution is 2.22. The third-order valence-electron chi connectivity index (χ3n) is 6.19. The topological polar surface area (TPSA) is 55.8 Å². The summed E-state index contributed by atoms with van der Waals surface area (Å²) in [5.41, 5.74) is 0. The molecule has 0 fully saturated rings. The molecule has 0 rings (SSSR count). The van der Waals surface area contributed by atoms with Crippen LogP contribution in [0.15, 0.2) is 0 Å². The number of unbranched alkanes of at least 4 members (excludes halogenated alkanes) is 10. The molecule has 0 N–H and O–H groups in total. The van der Waals surface area contributed by atoms with E-state index in [9.17, 15) is 9.59 Å². The van der Waals surface area contributed by atoms with Crippen LogP contribution >= 0.6 is 0 Å². The van der Waals surface area contributed by atoms with Crippen LogP contribution in [0, 0.1) is 5.92 Å². The van der Waals surface area contributed by atoms with E-state index in [1.807, 2.05) is 0 Å². The molecular weight excluding hydrogens is 414 g/mol. The molecule has 0 aromatic carbocycles. The smallest absolute Gasteiger partial charge is 0.306 e. The van der Waals surface area contributed by atoms with Crippen molar-refractivity contribution in [1.82, 2.24) is 4.90 Å². The van der Waals surface area contributed by atoms with Gasteiger partial charge in [-0.05, 0) is 59.2 Å². The molecule has 196 valence electrons. The molecule has 0 saturated heterocycles. The van der Waals surface area contributed by atoms with Crippen LogP contribution in [0.1, 0.15) is 130 Å². The number of rotatable bonds is 23. The molecule has 0 bridgehead atoms. The summed E-state index contributed by atoms with van der Waals surface area (Å²) in [6, 6.07) is 0. The lowest BCUT2D eigenvalue weighted by molar-refractivity contribution is -0.158. The van der Waals surface area contributed by atoms with Crippen molar-refractivity contribution in [3.63, 3.8) is 0 Å². The van der Waals surface area contributed by atoms with Crippen molar-refractivity contribution in [2.75, 3.05) is 27.2 Å². The average Bonchev–Trinajstić information content (AvgIpc) is 2.76. The van der Waals surface area contributed by atoms with Gasteiger partial charge >= 0.3 is 11.9 Å². The predicted octanol–water partition coefficient (Wildman–Crippen LogP) is 7.31. The Labute approximate surface area is 205 Å². The van der Waals surface area contributed by atoms with Crippen LogP contribution in [0.2, 0.25) is 0 Å². The Balaban J connectivity index is 4.16. The maximum atomic E-state index is 12.4. The summed E-state index contributed by atoms with van der Waals surface area (Å²) in [5, 5.41) is 0. The van der Waals surface area contributed by atoms with E-state index in [0.717, 1.165) is 38.6 Å². The van der Waals surface area contributed by atoms with Crippen LogP contribution in [0.25, 0.3) is 0 Å². The zero-order valence-electron chi connectivity index (χ0n) is 22.7. The molecule has 5 nitrogen and oxygen atoms in total. The zero-order valence-corrected chi connectivity index (χ0v) is 22.7. The summed E-state index contributed by atoms with van der Waals surface area (Å²) in [5.74, 6) is 0.0786. The lowest BCUT2D eigenvalue weighted by Gasteiger charge is -2.18. The van der Waals surface area contributed by atoms with Crippen LogP contribution in [-0.2, 0) is 19.1 Å². The summed E-state index contributed by atoms with van der Waals surface area (Å²) in [6.07, 6.45) is 18.4. The van der Waals surface area contributed by atoms with Gasteiger partial charge in [-0.2, -0.15) is 0 Å². The van der Waals surface area contributed by atoms with E-state index in [1.165, 1.54) is 64.2 Å². The molecule has 0 heterocycles. The first-order chi connectivity index (χ1) is 15.9. The predicted molar refractivity (Wildman–Crippen MR) is 138 cm³/mol. The van der Waals surface area contributed by atoms with E-state index < -0.39 is 0 Å². The van der Waals surface area contributed by atoms with Crippen LogP contribution in [0.5, 0.6) is 0 Å². The molecular formula is C28H55NO4. The average molecular weight is 470 g/mol. The molecule has 33 heavy (non-hydrogen) atoms. The number of hydrogen-bond acceptors (Lipinski definition) is 5. The second-order valence-electron chi connectivity index (χ2n) is 10.1. The highest BCUT2D eigenvalue weighted by Gasteiger charge is 2.17. The fourth-order valence-corrected chi connectivity index (χ4v) is 4.12. The van der Waals surface area contributed by atoms with Crippen LogP contribution in [0.3, 0.4) is 0 Å². The molecule has 0 amide bonds. The SMILES string of the molecule is CCCCCCCC(CCCCCCC)CC(=O)OCC(C)OC(=O)CCCCCN(C)C. The van der Waals surface area contributed by atoms with E-state index in [-0.39, 0.29) is 24.6 Å². The number of carbonyl (C=O) groups is 2. The van der Waals surface area contributed by atoms with Crippen molar-refractivity contribution >= 4 is 11.9 Å². The molecule has 1 atom stereocenters. The van der Waals surface area contributed by atoms with Gasteiger partial charge in [0.05, 0.1) is 0 Å². The molecule has 0 aliphatic carbocycles. The summed E-state index contributed by atoms with van der Waals surface area (Å²) in [6.45, 7) is 7.47. The third-order valence-corrected chi connectivity index (χ3v) is 6.19. The van der Waals surface area contributed by atoms with Crippen molar-refractivity contribution in [1.29, 1.82) is 0 Å². The Morgan fingerprint density at radius 1 is 0.727 bits per heavy atom. The lowest BCUT2D eigenvalue weighted by atomic mass is 9.91. The Morgan fingerprint density at radius 3 is 1.82 bits per heavy atom. The van der Waals surface area contributed by atoms with Gasteiger partial charge in [0.25, 0.3) is 0 Å². The van der Waals surface area contributed by atoms with Crippen molar-refractivity contribution in [3.05, 3.63) is 0 Å². The molecule has 5 heteroatoms. The molecule has 0 aromatic heterocycles. The van der Waals surface area contributed by atoms with Gasteiger partial charge in [0.15, 0.2) is 0 Å². The second kappa shape index (κ2) is 22.7. The van der Waals surface area contributed by atoms with Crippen LogP contribution in [0.4, 0.5) is 0 Å². The summed E-state index contributed by atoms with van der Waals surface area (Å²) >= 11 is 0. The first kappa shape index (κ1) is 31.9. The van der Waals surface area contributed by atoms with Gasteiger partial charge in [0.1, 0.15) is 12.7 Å². The molecule has 0 aliphatic heterocycles. The fourth-order valence-electron chi connectivity index (χ4n) is 4.12. The van der Waals surface area contributed by atoms with Gasteiger partial charge < -0.3 is 14.4 Å². The van der Waals surface area contributed by atoms with Gasteiger partial charge in [0, 0.05) is 12.8 Å². The van der Waals surface area contributed by atoms with Gasteiger partial charge in [0.2, 0.25) is 0 Å². The van der Waals surface area contributed by atoms with E-state index in [4.69, 9.17) is 9.47 Å². The number of hydrogen-bond donors (Lipinski definition) is 0. The van der Waals surface area contributed by atoms with Crippen LogP contribution in [-0.4, -0.2) is 50.2 Å². The van der Waals surface area contributed by atoms with Crippen LogP contribution < -0.4 is 0 Å². The van der Waals surface area contributed by atoms with Gasteiger partial charge in [-0.1, -0.05) is 84.5 Å². The third kappa shape index (κ3) is 22.5. The minimum absolute atomic E-state index is 0.145. The van der Waals surface area contributed by atoms with E-state index in [2.05, 4.69) is 32.8 Å². The normalized spacial score (nSPS) is 12.3. The number of ether oxygens (including phenoxy) is 2. The fraction of sp³-hybridized carbons (Fsp3) is 0.929. The van der Waals surface area contributed by atoms with Crippen molar-refractivity contribution in [3.8, 4) is 0 Å². The highest BCUT2D eigenvalue weighted by atomic mass is 16.6. The zero-order chi connectivity index (χ0) is 24.7. The van der Waals surface area contributed by atoms with Crippen molar-refractivity contribution < 1.29 is 19.1 Å². The molecule has 1 unspecified atom stereocenters. The standard InChI is InChI=1S/C28H55NO4/c1-6-8-10-12-15-19-26(20-16-13-11-9-7-2)23-28(31)32-24-25(3)33-27(30)21-17-14-18-22-29(4)5/h25-26H,6-24H2,1-5H3. The lowest BCUT2D eigenvalue weighted by Crippen LogP contribution is -2.23. The quantitative estimate of drug-likeness (QED) is 0.116. The minimum atomic E-state index is -0.384. The Kier molecular flexibility index (Phi) is 21.9. The largest absolute Gasteiger partial charge is 0.462 e. The Bertz CT molecular complexity index is 453. The first-order valence-corrected chi connectivity index (χ1v) is 13.9. The molecule has 0 spiro atoms. The summed E-state index contributed by atoms with van der Waals surface area (Å²) in [7, 11) is 4.11. The monoisotopic (exact) mass is 469 g/mol. The minimum Gasteiger partial charge on any atom is -0.462 e.